The Morgan fingerprint density at radius 3 is 2.61 bits per heavy atom. The maximum Gasteiger partial charge on any atom is 0.274 e. The summed E-state index contributed by atoms with van der Waals surface area (Å²) >= 11 is 0. The molecule has 3 heterocycles. The van der Waals surface area contributed by atoms with Crippen molar-refractivity contribution in [3.05, 3.63) is 83.7 Å². The van der Waals surface area contributed by atoms with E-state index in [0.717, 1.165) is 11.3 Å². The number of fused-ring (bicyclic) bond motifs is 1. The lowest BCUT2D eigenvalue weighted by Gasteiger charge is -2.31. The number of likely N-dealkylation sites (tertiary alicyclic amines) is 1. The highest BCUT2D eigenvalue weighted by Crippen LogP contribution is 2.29. The topological polar surface area (TPSA) is 76.5 Å². The molecule has 0 radical (unpaired) electrons. The fraction of sp³-hybridized carbons (Fsp3) is 0.320. The van der Waals surface area contributed by atoms with Crippen LogP contribution in [0.25, 0.3) is 0 Å². The first kappa shape index (κ1) is 21.3. The molecule has 8 heteroatoms. The molecule has 0 aliphatic carbocycles. The predicted molar refractivity (Wildman–Crippen MR) is 120 cm³/mol. The van der Waals surface area contributed by atoms with Gasteiger partial charge in [0.05, 0.1) is 25.2 Å². The zero-order chi connectivity index (χ0) is 22.8. The van der Waals surface area contributed by atoms with Crippen molar-refractivity contribution in [2.75, 3.05) is 18.4 Å². The van der Waals surface area contributed by atoms with Crippen molar-refractivity contribution in [2.24, 2.45) is 5.92 Å². The number of carbonyl (C=O) groups excluding carboxylic acids is 2. The third kappa shape index (κ3) is 4.52. The van der Waals surface area contributed by atoms with Gasteiger partial charge in [-0.05, 0) is 36.6 Å². The summed E-state index contributed by atoms with van der Waals surface area (Å²) in [6.45, 7) is 1.88. The van der Waals surface area contributed by atoms with Crippen molar-refractivity contribution in [1.82, 2.24) is 14.5 Å². The van der Waals surface area contributed by atoms with Gasteiger partial charge in [0.1, 0.15) is 11.9 Å². The van der Waals surface area contributed by atoms with E-state index >= 15 is 0 Å². The maximum absolute atomic E-state index is 13.4. The molecule has 33 heavy (non-hydrogen) atoms. The van der Waals surface area contributed by atoms with Gasteiger partial charge in [-0.2, -0.15) is 0 Å². The molecule has 5 rings (SSSR count). The van der Waals surface area contributed by atoms with Crippen LogP contribution < -0.4 is 5.32 Å². The molecule has 2 aliphatic heterocycles. The minimum absolute atomic E-state index is 0.0665. The molecule has 1 unspecified atom stereocenters. The van der Waals surface area contributed by atoms with Crippen molar-refractivity contribution in [2.45, 2.75) is 32.1 Å². The van der Waals surface area contributed by atoms with Crippen molar-refractivity contribution in [1.29, 1.82) is 0 Å². The monoisotopic (exact) mass is 448 g/mol. The Labute approximate surface area is 191 Å². The summed E-state index contributed by atoms with van der Waals surface area (Å²) in [5.74, 6) is -0.888. The van der Waals surface area contributed by atoms with E-state index in [2.05, 4.69) is 10.3 Å². The highest BCUT2D eigenvalue weighted by Gasteiger charge is 2.32. The molecule has 2 aliphatic rings. The number of nitrogens with zero attached hydrogens (tertiary/aromatic N) is 3. The number of hydrogen-bond acceptors (Lipinski definition) is 4. The number of imidazole rings is 1. The summed E-state index contributed by atoms with van der Waals surface area (Å²) in [5.41, 5.74) is 2.75. The zero-order valence-electron chi connectivity index (χ0n) is 18.1. The van der Waals surface area contributed by atoms with Gasteiger partial charge in [0.15, 0.2) is 5.69 Å². The number of hydrogen-bond donors (Lipinski definition) is 1. The average Bonchev–Trinajstić information content (AvgIpc) is 3.27. The summed E-state index contributed by atoms with van der Waals surface area (Å²) in [7, 11) is 0. The molecular formula is C25H25FN4O3. The zero-order valence-corrected chi connectivity index (χ0v) is 18.1. The molecule has 2 aromatic carbocycles. The van der Waals surface area contributed by atoms with Gasteiger partial charge < -0.3 is 19.5 Å². The minimum Gasteiger partial charge on any atom is -0.365 e. The second kappa shape index (κ2) is 9.15. The van der Waals surface area contributed by atoms with Gasteiger partial charge in [-0.3, -0.25) is 9.59 Å². The van der Waals surface area contributed by atoms with Crippen LogP contribution in [0.5, 0.6) is 0 Å². The molecule has 1 fully saturated rings. The van der Waals surface area contributed by atoms with Crippen LogP contribution >= 0.6 is 0 Å². The number of piperidine rings is 1. The molecule has 0 bridgehead atoms. The molecular weight excluding hydrogens is 423 g/mol. The van der Waals surface area contributed by atoms with Crippen molar-refractivity contribution < 1.29 is 18.7 Å². The van der Waals surface area contributed by atoms with Gasteiger partial charge >= 0.3 is 0 Å². The minimum atomic E-state index is -0.393. The smallest absolute Gasteiger partial charge is 0.274 e. The number of anilines is 1. The van der Waals surface area contributed by atoms with Crippen LogP contribution in [-0.4, -0.2) is 39.4 Å². The average molecular weight is 448 g/mol. The van der Waals surface area contributed by atoms with Crippen LogP contribution in [0, 0.1) is 11.7 Å². The van der Waals surface area contributed by atoms with Gasteiger partial charge in [0, 0.05) is 24.7 Å². The Balaban J connectivity index is 1.19. The molecule has 1 saturated heterocycles. The molecule has 0 saturated carbocycles. The third-order valence-corrected chi connectivity index (χ3v) is 6.35. The van der Waals surface area contributed by atoms with E-state index in [0.29, 0.717) is 50.5 Å². The molecule has 1 atom stereocenters. The molecule has 170 valence electrons. The normalized spacial score (nSPS) is 18.6. The van der Waals surface area contributed by atoms with Crippen LogP contribution in [0.15, 0.2) is 60.9 Å². The summed E-state index contributed by atoms with van der Waals surface area (Å²) in [5, 5.41) is 2.77. The van der Waals surface area contributed by atoms with E-state index < -0.39 is 5.82 Å². The largest absolute Gasteiger partial charge is 0.365 e. The third-order valence-electron chi connectivity index (χ3n) is 6.35. The summed E-state index contributed by atoms with van der Waals surface area (Å²) in [6, 6.07) is 15.9. The summed E-state index contributed by atoms with van der Waals surface area (Å²) in [4.78, 5) is 31.8. The lowest BCUT2D eigenvalue weighted by atomic mass is 9.95. The van der Waals surface area contributed by atoms with Gasteiger partial charge in [0.2, 0.25) is 5.91 Å². The Bertz CT molecular complexity index is 1160. The Hall–Kier alpha value is -3.52. The fourth-order valence-corrected chi connectivity index (χ4v) is 4.48. The first-order chi connectivity index (χ1) is 16.1. The van der Waals surface area contributed by atoms with E-state index in [9.17, 15) is 14.0 Å². The first-order valence-electron chi connectivity index (χ1n) is 11.1. The second-order valence-corrected chi connectivity index (χ2v) is 8.47. The van der Waals surface area contributed by atoms with Crippen LogP contribution in [0.4, 0.5) is 10.1 Å². The molecule has 3 aromatic rings. The standard InChI is InChI=1S/C25H25FN4O3/c26-19-7-4-8-20(13-19)28-24(31)18-9-11-29(12-10-18)25(32)23-21-15-33-22(14-30(21)16-27-23)17-5-2-1-3-6-17/h1-8,13,16,18,22H,9-12,14-15H2,(H,28,31). The summed E-state index contributed by atoms with van der Waals surface area (Å²) < 4.78 is 21.4. The van der Waals surface area contributed by atoms with Gasteiger partial charge in [0.25, 0.3) is 5.91 Å². The van der Waals surface area contributed by atoms with Crippen LogP contribution in [0.2, 0.25) is 0 Å². The fourth-order valence-electron chi connectivity index (χ4n) is 4.48. The van der Waals surface area contributed by atoms with Crippen molar-refractivity contribution in [3.63, 3.8) is 0 Å². The highest BCUT2D eigenvalue weighted by molar-refractivity contribution is 5.95. The van der Waals surface area contributed by atoms with E-state index in [-0.39, 0.29) is 23.8 Å². The number of aromatic nitrogens is 2. The van der Waals surface area contributed by atoms with Crippen LogP contribution in [0.1, 0.15) is 40.7 Å². The Morgan fingerprint density at radius 2 is 1.85 bits per heavy atom. The van der Waals surface area contributed by atoms with E-state index in [1.807, 2.05) is 34.9 Å². The van der Waals surface area contributed by atoms with Crippen molar-refractivity contribution >= 4 is 17.5 Å². The first-order valence-corrected chi connectivity index (χ1v) is 11.1. The lowest BCUT2D eigenvalue weighted by molar-refractivity contribution is -0.121. The summed E-state index contributed by atoms with van der Waals surface area (Å²) in [6.07, 6.45) is 2.74. The Morgan fingerprint density at radius 1 is 1.06 bits per heavy atom. The van der Waals surface area contributed by atoms with Gasteiger partial charge in [-0.25, -0.2) is 9.37 Å². The van der Waals surface area contributed by atoms with Gasteiger partial charge in [-0.15, -0.1) is 0 Å². The number of benzene rings is 2. The molecule has 2 amide bonds. The number of nitrogens with one attached hydrogen (secondary N) is 1. The van der Waals surface area contributed by atoms with E-state index in [4.69, 9.17) is 4.74 Å². The van der Waals surface area contributed by atoms with E-state index in [1.165, 1.54) is 12.1 Å². The van der Waals surface area contributed by atoms with Gasteiger partial charge in [-0.1, -0.05) is 36.4 Å². The van der Waals surface area contributed by atoms with Crippen LogP contribution in [0.3, 0.4) is 0 Å². The quantitative estimate of drug-likeness (QED) is 0.659. The van der Waals surface area contributed by atoms with Crippen LogP contribution in [-0.2, 0) is 22.7 Å². The van der Waals surface area contributed by atoms with Crippen molar-refractivity contribution in [3.8, 4) is 0 Å². The van der Waals surface area contributed by atoms with E-state index in [1.54, 1.807) is 23.4 Å². The Kier molecular flexibility index (Phi) is 5.92. The number of amides is 2. The second-order valence-electron chi connectivity index (χ2n) is 8.47. The maximum atomic E-state index is 13.4. The lowest BCUT2D eigenvalue weighted by Crippen LogP contribution is -2.42. The number of halogens is 1. The molecule has 1 N–H and O–H groups in total. The molecule has 0 spiro atoms. The molecule has 7 nitrogen and oxygen atoms in total. The molecule has 1 aromatic heterocycles. The highest BCUT2D eigenvalue weighted by atomic mass is 19.1. The number of rotatable bonds is 4. The predicted octanol–water partition coefficient (Wildman–Crippen LogP) is 3.78. The SMILES string of the molecule is O=C(Nc1cccc(F)c1)C1CCN(C(=O)c2ncn3c2COC(c2ccccc2)C3)CC1. The number of ether oxygens (including phenoxy) is 1. The number of carbonyl (C=O) groups is 2.